The minimum absolute atomic E-state index is 0.0596. The quantitative estimate of drug-likeness (QED) is 0.841. The van der Waals surface area contributed by atoms with E-state index in [9.17, 15) is 0 Å². The Morgan fingerprint density at radius 2 is 1.94 bits per heavy atom. The fraction of sp³-hybridized carbons (Fsp3) is 0.231. The van der Waals surface area contributed by atoms with Crippen LogP contribution in [0.4, 0.5) is 0 Å². The number of rotatable bonds is 4. The standard InChI is InChI=1S/C13H15N3S/c1-10(14)13(11-5-3-2-4-6-11)17-12-9-15-7-8-16-12/h2-10,13H,14H2,1H3. The minimum Gasteiger partial charge on any atom is -0.327 e. The number of nitrogens with zero attached hydrogens (tertiary/aromatic N) is 2. The molecule has 2 unspecified atom stereocenters. The molecule has 4 heteroatoms. The van der Waals surface area contributed by atoms with Crippen LogP contribution in [0, 0.1) is 0 Å². The van der Waals surface area contributed by atoms with Crippen LogP contribution in [0.5, 0.6) is 0 Å². The number of benzene rings is 1. The average molecular weight is 245 g/mol. The molecule has 0 aliphatic heterocycles. The topological polar surface area (TPSA) is 51.8 Å². The Balaban J connectivity index is 2.20. The maximum Gasteiger partial charge on any atom is 0.115 e. The largest absolute Gasteiger partial charge is 0.327 e. The van der Waals surface area contributed by atoms with Gasteiger partial charge in [-0.15, -0.1) is 0 Å². The van der Waals surface area contributed by atoms with E-state index >= 15 is 0 Å². The second kappa shape index (κ2) is 5.80. The molecule has 88 valence electrons. The van der Waals surface area contributed by atoms with Crippen molar-refractivity contribution in [1.29, 1.82) is 0 Å². The fourth-order valence-electron chi connectivity index (χ4n) is 1.60. The summed E-state index contributed by atoms with van der Waals surface area (Å²) in [6.07, 6.45) is 5.14. The molecule has 0 saturated heterocycles. The number of hydrogen-bond donors (Lipinski definition) is 1. The van der Waals surface area contributed by atoms with Gasteiger partial charge in [0.05, 0.1) is 11.4 Å². The average Bonchev–Trinajstić information content (AvgIpc) is 2.38. The highest BCUT2D eigenvalue weighted by atomic mass is 32.2. The molecule has 0 radical (unpaired) electrons. The summed E-state index contributed by atoms with van der Waals surface area (Å²) in [5, 5.41) is 1.10. The molecule has 0 bridgehead atoms. The third-order valence-electron chi connectivity index (χ3n) is 2.39. The van der Waals surface area contributed by atoms with E-state index in [1.54, 1.807) is 30.4 Å². The highest BCUT2D eigenvalue weighted by molar-refractivity contribution is 7.99. The third-order valence-corrected chi connectivity index (χ3v) is 3.80. The third kappa shape index (κ3) is 3.28. The summed E-state index contributed by atoms with van der Waals surface area (Å²) in [4.78, 5) is 8.34. The van der Waals surface area contributed by atoms with E-state index in [1.165, 1.54) is 5.56 Å². The van der Waals surface area contributed by atoms with Gasteiger partial charge >= 0.3 is 0 Å². The van der Waals surface area contributed by atoms with Gasteiger partial charge in [-0.05, 0) is 12.5 Å². The van der Waals surface area contributed by atoms with Gasteiger partial charge in [0.1, 0.15) is 5.03 Å². The first kappa shape index (κ1) is 12.1. The van der Waals surface area contributed by atoms with Crippen molar-refractivity contribution < 1.29 is 0 Å². The molecule has 2 rings (SSSR count). The molecule has 1 aromatic heterocycles. The highest BCUT2D eigenvalue weighted by Gasteiger charge is 2.17. The summed E-state index contributed by atoms with van der Waals surface area (Å²) < 4.78 is 0. The lowest BCUT2D eigenvalue weighted by molar-refractivity contribution is 0.720. The molecule has 1 aromatic carbocycles. The SMILES string of the molecule is CC(N)C(Sc1cnccn1)c1ccccc1. The summed E-state index contributed by atoms with van der Waals surface area (Å²) in [7, 11) is 0. The van der Waals surface area contributed by atoms with Crippen LogP contribution < -0.4 is 5.73 Å². The molecule has 0 aliphatic rings. The zero-order valence-corrected chi connectivity index (χ0v) is 10.5. The molecule has 1 heterocycles. The van der Waals surface area contributed by atoms with Crippen LogP contribution in [0.15, 0.2) is 53.9 Å². The van der Waals surface area contributed by atoms with Crippen molar-refractivity contribution in [2.75, 3.05) is 0 Å². The van der Waals surface area contributed by atoms with Gasteiger partial charge in [-0.25, -0.2) is 4.98 Å². The molecule has 0 amide bonds. The van der Waals surface area contributed by atoms with Gasteiger partial charge in [0.2, 0.25) is 0 Å². The van der Waals surface area contributed by atoms with Crippen molar-refractivity contribution in [3.63, 3.8) is 0 Å². The molecular weight excluding hydrogens is 230 g/mol. The Bertz CT molecular complexity index is 445. The Morgan fingerprint density at radius 3 is 2.53 bits per heavy atom. The van der Waals surface area contributed by atoms with Crippen molar-refractivity contribution in [3.05, 3.63) is 54.5 Å². The predicted molar refractivity (Wildman–Crippen MR) is 70.7 cm³/mol. The van der Waals surface area contributed by atoms with E-state index in [1.807, 2.05) is 25.1 Å². The van der Waals surface area contributed by atoms with Crippen LogP contribution in [0.25, 0.3) is 0 Å². The van der Waals surface area contributed by atoms with Gasteiger partial charge in [-0.2, -0.15) is 0 Å². The summed E-state index contributed by atoms with van der Waals surface area (Å²) in [5.74, 6) is 0. The highest BCUT2D eigenvalue weighted by Crippen LogP contribution is 2.35. The maximum atomic E-state index is 6.05. The van der Waals surface area contributed by atoms with E-state index in [0.29, 0.717) is 0 Å². The second-order valence-electron chi connectivity index (χ2n) is 3.85. The Hall–Kier alpha value is -1.39. The van der Waals surface area contributed by atoms with Crippen LogP contribution in [0.3, 0.4) is 0 Å². The maximum absolute atomic E-state index is 6.05. The Morgan fingerprint density at radius 1 is 1.18 bits per heavy atom. The van der Waals surface area contributed by atoms with Crippen LogP contribution in [0.2, 0.25) is 0 Å². The van der Waals surface area contributed by atoms with Crippen LogP contribution >= 0.6 is 11.8 Å². The summed E-state index contributed by atoms with van der Waals surface area (Å²) in [6, 6.07) is 10.3. The Kier molecular flexibility index (Phi) is 4.12. The van der Waals surface area contributed by atoms with Gasteiger partial charge in [-0.3, -0.25) is 4.98 Å². The van der Waals surface area contributed by atoms with Crippen LogP contribution in [-0.4, -0.2) is 16.0 Å². The van der Waals surface area contributed by atoms with Crippen LogP contribution in [0.1, 0.15) is 17.7 Å². The summed E-state index contributed by atoms with van der Waals surface area (Å²) >= 11 is 1.65. The lowest BCUT2D eigenvalue weighted by Gasteiger charge is -2.19. The monoisotopic (exact) mass is 245 g/mol. The number of thioether (sulfide) groups is 1. The second-order valence-corrected chi connectivity index (χ2v) is 5.01. The van der Waals surface area contributed by atoms with E-state index in [0.717, 1.165) is 5.03 Å². The molecule has 2 atom stereocenters. The van der Waals surface area contributed by atoms with Crippen molar-refractivity contribution in [2.24, 2.45) is 5.73 Å². The van der Waals surface area contributed by atoms with Gasteiger partial charge in [0, 0.05) is 18.4 Å². The van der Waals surface area contributed by atoms with Gasteiger partial charge in [-0.1, -0.05) is 42.1 Å². The van der Waals surface area contributed by atoms with Crippen molar-refractivity contribution >= 4 is 11.8 Å². The van der Waals surface area contributed by atoms with E-state index in [-0.39, 0.29) is 11.3 Å². The van der Waals surface area contributed by atoms with E-state index in [4.69, 9.17) is 5.73 Å². The van der Waals surface area contributed by atoms with Gasteiger partial charge in [0.15, 0.2) is 0 Å². The van der Waals surface area contributed by atoms with Gasteiger partial charge < -0.3 is 5.73 Å². The number of nitrogens with two attached hydrogens (primary N) is 1. The minimum atomic E-state index is 0.0596. The van der Waals surface area contributed by atoms with Crippen molar-refractivity contribution in [1.82, 2.24) is 9.97 Å². The molecule has 3 nitrogen and oxygen atoms in total. The lowest BCUT2D eigenvalue weighted by atomic mass is 10.1. The summed E-state index contributed by atoms with van der Waals surface area (Å²) in [5.41, 5.74) is 7.27. The fourth-order valence-corrected chi connectivity index (χ4v) is 2.61. The summed E-state index contributed by atoms with van der Waals surface area (Å²) in [6.45, 7) is 2.01. The smallest absolute Gasteiger partial charge is 0.115 e. The van der Waals surface area contributed by atoms with Gasteiger partial charge in [0.25, 0.3) is 0 Å². The molecule has 0 saturated carbocycles. The zero-order chi connectivity index (χ0) is 12.1. The molecular formula is C13H15N3S. The molecule has 0 spiro atoms. The molecule has 0 fully saturated rings. The molecule has 2 N–H and O–H groups in total. The van der Waals surface area contributed by atoms with E-state index < -0.39 is 0 Å². The first-order chi connectivity index (χ1) is 8.27. The molecule has 2 aromatic rings. The van der Waals surface area contributed by atoms with Crippen LogP contribution in [-0.2, 0) is 0 Å². The van der Waals surface area contributed by atoms with E-state index in [2.05, 4.69) is 22.1 Å². The zero-order valence-electron chi connectivity index (χ0n) is 9.65. The van der Waals surface area contributed by atoms with Crippen molar-refractivity contribution in [2.45, 2.75) is 23.2 Å². The first-order valence-electron chi connectivity index (χ1n) is 5.50. The number of aromatic nitrogens is 2. The molecule has 0 aliphatic carbocycles. The Labute approximate surface area is 105 Å². The predicted octanol–water partition coefficient (Wildman–Crippen LogP) is 2.66. The lowest BCUT2D eigenvalue weighted by Crippen LogP contribution is -2.22. The number of hydrogen-bond acceptors (Lipinski definition) is 4. The molecule has 17 heavy (non-hydrogen) atoms. The first-order valence-corrected chi connectivity index (χ1v) is 6.38. The normalized spacial score (nSPS) is 14.2. The van der Waals surface area contributed by atoms with Crippen molar-refractivity contribution in [3.8, 4) is 0 Å².